The molecule has 0 bridgehead atoms. The molecule has 0 heterocycles. The first kappa shape index (κ1) is 13.4. The zero-order chi connectivity index (χ0) is 13.7. The summed E-state index contributed by atoms with van der Waals surface area (Å²) in [5.74, 6) is -0.589. The fourth-order valence-electron chi connectivity index (χ4n) is 2.36. The van der Waals surface area contributed by atoms with Gasteiger partial charge in [0.25, 0.3) is 0 Å². The van der Waals surface area contributed by atoms with E-state index in [2.05, 4.69) is 5.32 Å². The van der Waals surface area contributed by atoms with Gasteiger partial charge in [-0.15, -0.1) is 0 Å². The Kier molecular flexibility index (Phi) is 4.04. The molecule has 0 spiro atoms. The van der Waals surface area contributed by atoms with E-state index in [0.717, 1.165) is 19.3 Å². The first-order valence-electron chi connectivity index (χ1n) is 6.41. The number of ether oxygens (including phenoxy) is 1. The molecule has 5 heteroatoms. The van der Waals surface area contributed by atoms with E-state index in [1.165, 1.54) is 0 Å². The van der Waals surface area contributed by atoms with Crippen LogP contribution in [0.25, 0.3) is 0 Å². The number of para-hydroxylation sites is 1. The van der Waals surface area contributed by atoms with Crippen molar-refractivity contribution in [3.8, 4) is 5.75 Å². The number of hydrogen-bond acceptors (Lipinski definition) is 3. The third-order valence-electron chi connectivity index (χ3n) is 3.41. The summed E-state index contributed by atoms with van der Waals surface area (Å²) in [6, 6.07) is 8.60. The molecule has 0 radical (unpaired) electrons. The molecule has 1 saturated carbocycles. The van der Waals surface area contributed by atoms with E-state index >= 15 is 0 Å². The molecule has 1 aliphatic rings. The standard InChI is InChI=1S/C14H17NO4/c16-12(17)14(9-5-2-6-10-14)15-13(18)19-11-7-3-1-4-8-11/h1,3-4,7-8H,2,5-6,9-10H2,(H,15,18)(H,16,17). The van der Waals surface area contributed by atoms with Gasteiger partial charge in [-0.2, -0.15) is 0 Å². The topological polar surface area (TPSA) is 75.6 Å². The molecule has 1 aromatic carbocycles. The summed E-state index contributed by atoms with van der Waals surface area (Å²) >= 11 is 0. The lowest BCUT2D eigenvalue weighted by atomic mass is 9.82. The fourth-order valence-corrected chi connectivity index (χ4v) is 2.36. The van der Waals surface area contributed by atoms with Crippen molar-refractivity contribution in [3.05, 3.63) is 30.3 Å². The third-order valence-corrected chi connectivity index (χ3v) is 3.41. The molecule has 2 N–H and O–H groups in total. The fraction of sp³-hybridized carbons (Fsp3) is 0.429. The van der Waals surface area contributed by atoms with Gasteiger partial charge in [-0.25, -0.2) is 9.59 Å². The van der Waals surface area contributed by atoms with Crippen LogP contribution in [0, 0.1) is 0 Å². The van der Waals surface area contributed by atoms with Gasteiger partial charge in [-0.1, -0.05) is 37.5 Å². The molecular weight excluding hydrogens is 246 g/mol. The Morgan fingerprint density at radius 2 is 1.74 bits per heavy atom. The molecule has 1 aliphatic carbocycles. The summed E-state index contributed by atoms with van der Waals surface area (Å²) < 4.78 is 5.08. The van der Waals surface area contributed by atoms with E-state index in [9.17, 15) is 14.7 Å². The molecule has 0 aliphatic heterocycles. The number of benzene rings is 1. The van der Waals surface area contributed by atoms with Gasteiger partial charge < -0.3 is 15.2 Å². The Morgan fingerprint density at radius 1 is 1.11 bits per heavy atom. The van der Waals surface area contributed by atoms with Gasteiger partial charge >= 0.3 is 12.1 Å². The van der Waals surface area contributed by atoms with Crippen LogP contribution in [-0.4, -0.2) is 22.7 Å². The maximum atomic E-state index is 11.8. The van der Waals surface area contributed by atoms with Crippen molar-refractivity contribution in [1.29, 1.82) is 0 Å². The number of carboxylic acids is 1. The van der Waals surface area contributed by atoms with Gasteiger partial charge in [0, 0.05) is 0 Å². The molecule has 1 aromatic rings. The van der Waals surface area contributed by atoms with Crippen LogP contribution < -0.4 is 10.1 Å². The predicted octanol–water partition coefficient (Wildman–Crippen LogP) is 2.56. The molecule has 5 nitrogen and oxygen atoms in total. The Labute approximate surface area is 111 Å². The lowest BCUT2D eigenvalue weighted by Crippen LogP contribution is -2.56. The van der Waals surface area contributed by atoms with Gasteiger partial charge in [-0.3, -0.25) is 0 Å². The Morgan fingerprint density at radius 3 is 2.32 bits per heavy atom. The zero-order valence-corrected chi connectivity index (χ0v) is 10.6. The highest BCUT2D eigenvalue weighted by molar-refractivity contribution is 5.85. The Balaban J connectivity index is 2.01. The highest BCUT2D eigenvalue weighted by Crippen LogP contribution is 2.28. The maximum Gasteiger partial charge on any atom is 0.413 e. The monoisotopic (exact) mass is 263 g/mol. The number of aliphatic carboxylic acids is 1. The van der Waals surface area contributed by atoms with E-state index in [1.807, 2.05) is 6.07 Å². The van der Waals surface area contributed by atoms with Crippen molar-refractivity contribution < 1.29 is 19.4 Å². The number of carbonyl (C=O) groups excluding carboxylic acids is 1. The highest BCUT2D eigenvalue weighted by atomic mass is 16.6. The first-order chi connectivity index (χ1) is 9.12. The average Bonchev–Trinajstić information content (AvgIpc) is 2.40. The molecule has 0 aromatic heterocycles. The predicted molar refractivity (Wildman–Crippen MR) is 69.1 cm³/mol. The molecule has 102 valence electrons. The number of amides is 1. The summed E-state index contributed by atoms with van der Waals surface area (Å²) in [7, 11) is 0. The summed E-state index contributed by atoms with van der Waals surface area (Å²) in [6.45, 7) is 0. The molecule has 0 atom stereocenters. The number of nitrogens with one attached hydrogen (secondary N) is 1. The van der Waals surface area contributed by atoms with Crippen molar-refractivity contribution in [3.63, 3.8) is 0 Å². The molecule has 1 fully saturated rings. The van der Waals surface area contributed by atoms with Crippen LogP contribution in [0.1, 0.15) is 32.1 Å². The molecule has 1 amide bonds. The van der Waals surface area contributed by atoms with Crippen molar-refractivity contribution in [2.45, 2.75) is 37.6 Å². The number of hydrogen-bond donors (Lipinski definition) is 2. The minimum atomic E-state index is -1.18. The average molecular weight is 263 g/mol. The van der Waals surface area contributed by atoms with E-state index in [0.29, 0.717) is 18.6 Å². The Hall–Kier alpha value is -2.04. The second-order valence-electron chi connectivity index (χ2n) is 4.78. The van der Waals surface area contributed by atoms with Crippen LogP contribution >= 0.6 is 0 Å². The largest absolute Gasteiger partial charge is 0.480 e. The third kappa shape index (κ3) is 3.24. The van der Waals surface area contributed by atoms with Crippen LogP contribution in [-0.2, 0) is 4.79 Å². The number of carbonyl (C=O) groups is 2. The van der Waals surface area contributed by atoms with Crippen molar-refractivity contribution in [1.82, 2.24) is 5.32 Å². The second-order valence-corrected chi connectivity index (χ2v) is 4.78. The van der Waals surface area contributed by atoms with Crippen molar-refractivity contribution >= 4 is 12.1 Å². The summed E-state index contributed by atoms with van der Waals surface area (Å²) in [5, 5.41) is 11.9. The van der Waals surface area contributed by atoms with E-state index < -0.39 is 17.6 Å². The molecular formula is C14H17NO4. The van der Waals surface area contributed by atoms with E-state index in [1.54, 1.807) is 24.3 Å². The summed E-state index contributed by atoms with van der Waals surface area (Å²) in [6.07, 6.45) is 2.80. The van der Waals surface area contributed by atoms with E-state index in [-0.39, 0.29) is 0 Å². The van der Waals surface area contributed by atoms with Crippen molar-refractivity contribution in [2.24, 2.45) is 0 Å². The number of carboxylic acid groups (broad SMARTS) is 1. The van der Waals surface area contributed by atoms with Gasteiger partial charge in [-0.05, 0) is 25.0 Å². The van der Waals surface area contributed by atoms with Crippen LogP contribution in [0.15, 0.2) is 30.3 Å². The Bertz CT molecular complexity index is 452. The highest BCUT2D eigenvalue weighted by Gasteiger charge is 2.41. The molecule has 0 unspecified atom stereocenters. The van der Waals surface area contributed by atoms with Gasteiger partial charge in [0.2, 0.25) is 0 Å². The van der Waals surface area contributed by atoms with Crippen LogP contribution in [0.3, 0.4) is 0 Å². The summed E-state index contributed by atoms with van der Waals surface area (Å²) in [5.41, 5.74) is -1.18. The van der Waals surface area contributed by atoms with E-state index in [4.69, 9.17) is 4.74 Å². The molecule has 0 saturated heterocycles. The lowest BCUT2D eigenvalue weighted by molar-refractivity contribution is -0.146. The van der Waals surface area contributed by atoms with Crippen molar-refractivity contribution in [2.75, 3.05) is 0 Å². The van der Waals surface area contributed by atoms with Gasteiger partial charge in [0.1, 0.15) is 11.3 Å². The minimum absolute atomic E-state index is 0.399. The lowest BCUT2D eigenvalue weighted by Gasteiger charge is -2.33. The van der Waals surface area contributed by atoms with Crippen LogP contribution in [0.5, 0.6) is 5.75 Å². The minimum Gasteiger partial charge on any atom is -0.480 e. The maximum absolute atomic E-state index is 11.8. The smallest absolute Gasteiger partial charge is 0.413 e. The van der Waals surface area contributed by atoms with Gasteiger partial charge in [0.15, 0.2) is 0 Å². The normalized spacial score (nSPS) is 17.5. The second kappa shape index (κ2) is 5.73. The van der Waals surface area contributed by atoms with Crippen LogP contribution in [0.4, 0.5) is 4.79 Å². The molecule has 2 rings (SSSR count). The molecule has 19 heavy (non-hydrogen) atoms. The zero-order valence-electron chi connectivity index (χ0n) is 10.6. The quantitative estimate of drug-likeness (QED) is 0.878. The summed E-state index contributed by atoms with van der Waals surface area (Å²) in [4.78, 5) is 23.2. The first-order valence-corrected chi connectivity index (χ1v) is 6.41. The number of rotatable bonds is 3. The van der Waals surface area contributed by atoms with Crippen LogP contribution in [0.2, 0.25) is 0 Å². The SMILES string of the molecule is O=C(NC1(C(=O)O)CCCCC1)Oc1ccccc1. The van der Waals surface area contributed by atoms with Gasteiger partial charge in [0.05, 0.1) is 0 Å².